The lowest BCUT2D eigenvalue weighted by Gasteiger charge is -2.48. The molecule has 0 heterocycles. The van der Waals surface area contributed by atoms with Gasteiger partial charge in [-0.2, -0.15) is 0 Å². The van der Waals surface area contributed by atoms with Crippen molar-refractivity contribution in [3.63, 3.8) is 0 Å². The molecule has 0 aliphatic heterocycles. The van der Waals surface area contributed by atoms with Crippen molar-refractivity contribution in [2.24, 2.45) is 5.92 Å². The maximum atomic E-state index is 6.83. The summed E-state index contributed by atoms with van der Waals surface area (Å²) >= 11 is 0. The first-order valence-corrected chi connectivity index (χ1v) is 15.3. The van der Waals surface area contributed by atoms with Crippen LogP contribution in [0, 0.1) is 5.92 Å². The van der Waals surface area contributed by atoms with E-state index in [1.54, 1.807) is 0 Å². The Balaban J connectivity index is 3.03. The van der Waals surface area contributed by atoms with E-state index >= 15 is 0 Å². The largest absolute Gasteiger partial charge is 0.411 e. The van der Waals surface area contributed by atoms with E-state index in [2.05, 4.69) is 81.2 Å². The zero-order valence-electron chi connectivity index (χ0n) is 18.2. The molecule has 142 valence electrons. The van der Waals surface area contributed by atoms with Gasteiger partial charge in [0.15, 0.2) is 16.6 Å². The van der Waals surface area contributed by atoms with Crippen molar-refractivity contribution in [2.45, 2.75) is 110 Å². The minimum Gasteiger partial charge on any atom is -0.411 e. The Bertz CT molecular complexity index is 455. The van der Waals surface area contributed by atoms with Gasteiger partial charge in [0.25, 0.3) is 0 Å². The monoisotopic (exact) mass is 370 g/mol. The van der Waals surface area contributed by atoms with Crippen LogP contribution >= 0.6 is 0 Å². The molecule has 3 atom stereocenters. The summed E-state index contributed by atoms with van der Waals surface area (Å²) in [5.41, 5.74) is 1.33. The Hall–Kier alpha value is 0.0938. The van der Waals surface area contributed by atoms with E-state index in [1.807, 2.05) is 0 Å². The molecule has 2 nitrogen and oxygen atoms in total. The highest BCUT2D eigenvalue weighted by atomic mass is 28.4. The zero-order chi connectivity index (χ0) is 19.1. The smallest absolute Gasteiger partial charge is 0.192 e. The fraction of sp³-hybridized carbons (Fsp3) is 0.900. The van der Waals surface area contributed by atoms with Gasteiger partial charge in [-0.3, -0.25) is 0 Å². The predicted molar refractivity (Wildman–Crippen MR) is 112 cm³/mol. The van der Waals surface area contributed by atoms with Gasteiger partial charge in [0.2, 0.25) is 0 Å². The maximum Gasteiger partial charge on any atom is 0.192 e. The molecule has 0 unspecified atom stereocenters. The molecule has 0 amide bonds. The molecule has 1 aliphatic carbocycles. The van der Waals surface area contributed by atoms with Gasteiger partial charge in [-0.25, -0.2) is 0 Å². The lowest BCUT2D eigenvalue weighted by atomic mass is 9.83. The van der Waals surface area contributed by atoms with E-state index < -0.39 is 16.6 Å². The standard InChI is InChI=1S/C20H42O2Si2/c1-15-13-17(21-23(9,10)19(3,4)5)18(14-16(15)2)22-24(11,12)20(6,7)8/h16-18H,1,13-14H2,2-12H3/t16-,17+,18+/m0/s1. The Morgan fingerprint density at radius 3 is 1.58 bits per heavy atom. The quantitative estimate of drug-likeness (QED) is 0.402. The summed E-state index contributed by atoms with van der Waals surface area (Å²) in [6, 6.07) is 0. The summed E-state index contributed by atoms with van der Waals surface area (Å²) in [6.45, 7) is 29.9. The summed E-state index contributed by atoms with van der Waals surface area (Å²) in [5.74, 6) is 0.527. The molecule has 4 heteroatoms. The zero-order valence-corrected chi connectivity index (χ0v) is 20.2. The molecule has 0 aromatic heterocycles. The molecule has 0 bridgehead atoms. The maximum absolute atomic E-state index is 6.83. The first-order chi connectivity index (χ1) is 10.5. The molecular formula is C20H42O2Si2. The first-order valence-electron chi connectivity index (χ1n) is 9.51. The van der Waals surface area contributed by atoms with Crippen molar-refractivity contribution >= 4 is 16.6 Å². The number of rotatable bonds is 4. The average Bonchev–Trinajstić information content (AvgIpc) is 2.31. The van der Waals surface area contributed by atoms with Crippen LogP contribution in [0.1, 0.15) is 61.3 Å². The average molecular weight is 371 g/mol. The van der Waals surface area contributed by atoms with Crippen LogP contribution in [-0.4, -0.2) is 28.8 Å². The van der Waals surface area contributed by atoms with Crippen LogP contribution < -0.4 is 0 Å². The van der Waals surface area contributed by atoms with Gasteiger partial charge in [0, 0.05) is 0 Å². The van der Waals surface area contributed by atoms with Gasteiger partial charge < -0.3 is 8.85 Å². The van der Waals surface area contributed by atoms with Gasteiger partial charge in [-0.1, -0.05) is 60.6 Å². The van der Waals surface area contributed by atoms with Gasteiger partial charge in [0.1, 0.15) is 0 Å². The van der Waals surface area contributed by atoms with Crippen LogP contribution in [0.5, 0.6) is 0 Å². The van der Waals surface area contributed by atoms with Crippen molar-refractivity contribution < 1.29 is 8.85 Å². The second-order valence-electron chi connectivity index (χ2n) is 10.8. The summed E-state index contributed by atoms with van der Waals surface area (Å²) in [4.78, 5) is 0. The SMILES string of the molecule is C=C1C[C@@H](O[Si](C)(C)C(C)(C)C)[C@H](O[Si](C)(C)C(C)(C)C)C[C@@H]1C. The van der Waals surface area contributed by atoms with Gasteiger partial charge in [0.05, 0.1) is 12.2 Å². The Labute approximate surface area is 153 Å². The fourth-order valence-corrected chi connectivity index (χ4v) is 5.31. The van der Waals surface area contributed by atoms with Crippen LogP contribution in [-0.2, 0) is 8.85 Å². The third-order valence-electron chi connectivity index (χ3n) is 6.67. The number of hydrogen-bond donors (Lipinski definition) is 0. The second-order valence-corrected chi connectivity index (χ2v) is 20.3. The first kappa shape index (κ1) is 22.1. The topological polar surface area (TPSA) is 18.5 Å². The molecule has 1 aliphatic rings. The van der Waals surface area contributed by atoms with E-state index in [0.29, 0.717) is 5.92 Å². The lowest BCUT2D eigenvalue weighted by molar-refractivity contribution is 0.00924. The van der Waals surface area contributed by atoms with Gasteiger partial charge in [-0.05, 0) is 55.0 Å². The van der Waals surface area contributed by atoms with E-state index in [4.69, 9.17) is 8.85 Å². The van der Waals surface area contributed by atoms with Crippen LogP contribution in [0.2, 0.25) is 36.3 Å². The van der Waals surface area contributed by atoms with Crippen molar-refractivity contribution in [3.05, 3.63) is 12.2 Å². The third-order valence-corrected chi connectivity index (χ3v) is 15.7. The Morgan fingerprint density at radius 1 is 0.833 bits per heavy atom. The Kier molecular flexibility index (Phi) is 6.47. The minimum atomic E-state index is -1.81. The van der Waals surface area contributed by atoms with E-state index in [0.717, 1.165) is 12.8 Å². The molecule has 1 saturated carbocycles. The molecule has 0 N–H and O–H groups in total. The summed E-state index contributed by atoms with van der Waals surface area (Å²) < 4.78 is 13.6. The van der Waals surface area contributed by atoms with Crippen LogP contribution in [0.15, 0.2) is 12.2 Å². The fourth-order valence-electron chi connectivity index (χ4n) is 2.61. The van der Waals surface area contributed by atoms with Gasteiger partial charge in [-0.15, -0.1) is 0 Å². The molecule has 1 rings (SSSR count). The third kappa shape index (κ3) is 5.06. The minimum absolute atomic E-state index is 0.170. The summed E-state index contributed by atoms with van der Waals surface area (Å²) in [5, 5.41) is 0.450. The van der Waals surface area contributed by atoms with Crippen molar-refractivity contribution in [1.29, 1.82) is 0 Å². The molecule has 0 spiro atoms. The highest BCUT2D eigenvalue weighted by Gasteiger charge is 2.46. The molecule has 0 aromatic carbocycles. The van der Waals surface area contributed by atoms with E-state index in [9.17, 15) is 0 Å². The van der Waals surface area contributed by atoms with E-state index in [-0.39, 0.29) is 22.3 Å². The lowest BCUT2D eigenvalue weighted by Crippen LogP contribution is -2.53. The van der Waals surface area contributed by atoms with Crippen LogP contribution in [0.4, 0.5) is 0 Å². The van der Waals surface area contributed by atoms with Crippen LogP contribution in [0.3, 0.4) is 0 Å². The normalized spacial score (nSPS) is 27.5. The molecule has 24 heavy (non-hydrogen) atoms. The molecule has 0 aromatic rings. The predicted octanol–water partition coefficient (Wildman–Crippen LogP) is 6.75. The summed E-state index contributed by atoms with van der Waals surface area (Å²) in [6.07, 6.45) is 2.38. The molecule has 0 saturated heterocycles. The highest BCUT2D eigenvalue weighted by Crippen LogP contribution is 2.44. The van der Waals surface area contributed by atoms with Crippen LogP contribution in [0.25, 0.3) is 0 Å². The van der Waals surface area contributed by atoms with E-state index in [1.165, 1.54) is 5.57 Å². The van der Waals surface area contributed by atoms with Crippen molar-refractivity contribution in [3.8, 4) is 0 Å². The molecule has 1 fully saturated rings. The number of hydrogen-bond acceptors (Lipinski definition) is 2. The van der Waals surface area contributed by atoms with Crippen molar-refractivity contribution in [1.82, 2.24) is 0 Å². The van der Waals surface area contributed by atoms with Crippen molar-refractivity contribution in [2.75, 3.05) is 0 Å². The second kappa shape index (κ2) is 7.01. The highest BCUT2D eigenvalue weighted by molar-refractivity contribution is 6.74. The molecule has 0 radical (unpaired) electrons. The Morgan fingerprint density at radius 2 is 1.21 bits per heavy atom. The summed E-state index contributed by atoms with van der Waals surface area (Å²) in [7, 11) is -3.61. The molecular weight excluding hydrogens is 328 g/mol. The van der Waals surface area contributed by atoms with Gasteiger partial charge >= 0.3 is 0 Å².